The topological polar surface area (TPSA) is 12.0 Å². The molecule has 0 atom stereocenters. The van der Waals surface area contributed by atoms with Gasteiger partial charge in [0.2, 0.25) is 0 Å². The van der Waals surface area contributed by atoms with E-state index in [1.165, 1.54) is 23.3 Å². The lowest BCUT2D eigenvalue weighted by Crippen LogP contribution is -2.13. The number of nitrogens with one attached hydrogen (secondary N) is 1. The maximum atomic E-state index is 12.8. The third kappa shape index (κ3) is 3.28. The third-order valence-corrected chi connectivity index (χ3v) is 3.87. The van der Waals surface area contributed by atoms with E-state index in [2.05, 4.69) is 23.0 Å². The summed E-state index contributed by atoms with van der Waals surface area (Å²) in [5.74, 6) is -0.299. The Balaban J connectivity index is 1.92. The van der Waals surface area contributed by atoms with E-state index in [1.54, 1.807) is 17.4 Å². The van der Waals surface area contributed by atoms with E-state index in [0.717, 1.165) is 12.1 Å². The van der Waals surface area contributed by atoms with Gasteiger partial charge >= 0.3 is 0 Å². The molecule has 0 aliphatic carbocycles. The Hall–Kier alpha value is -0.900. The van der Waals surface area contributed by atoms with Crippen LogP contribution in [0.5, 0.6) is 0 Å². The maximum Gasteiger partial charge on any atom is 0.124 e. The van der Waals surface area contributed by atoms with E-state index in [-0.39, 0.29) is 5.82 Å². The van der Waals surface area contributed by atoms with Crippen LogP contribution in [0.15, 0.2) is 29.0 Å². The van der Waals surface area contributed by atoms with Crippen molar-refractivity contribution in [1.29, 1.82) is 0 Å². The number of benzene rings is 1. The van der Waals surface area contributed by atoms with Gasteiger partial charge in [-0.3, -0.25) is 0 Å². The molecule has 0 saturated heterocycles. The van der Waals surface area contributed by atoms with Crippen molar-refractivity contribution in [3.63, 3.8) is 0 Å². The second-order valence-electron chi connectivity index (χ2n) is 3.92. The van der Waals surface area contributed by atoms with Gasteiger partial charge in [0.15, 0.2) is 0 Å². The zero-order valence-electron chi connectivity index (χ0n) is 9.47. The zero-order chi connectivity index (χ0) is 12.3. The van der Waals surface area contributed by atoms with Gasteiger partial charge < -0.3 is 5.32 Å². The molecular weight excluding hydrogens is 257 g/mol. The van der Waals surface area contributed by atoms with Crippen LogP contribution in [0, 0.1) is 12.7 Å². The Morgan fingerprint density at radius 1 is 1.24 bits per heavy atom. The fraction of sp³-hybridized carbons (Fsp3) is 0.231. The Bertz CT molecular complexity index is 510. The lowest BCUT2D eigenvalue weighted by atomic mass is 10.2. The SMILES string of the molecule is Cc1cscc1CNCc1ccc(F)cc1Cl. The lowest BCUT2D eigenvalue weighted by Gasteiger charge is -2.06. The van der Waals surface area contributed by atoms with Crippen molar-refractivity contribution in [2.45, 2.75) is 20.0 Å². The molecule has 1 aromatic heterocycles. The van der Waals surface area contributed by atoms with Gasteiger partial charge in [-0.25, -0.2) is 4.39 Å². The number of aryl methyl sites for hydroxylation is 1. The summed E-state index contributed by atoms with van der Waals surface area (Å²) in [6.07, 6.45) is 0. The smallest absolute Gasteiger partial charge is 0.124 e. The monoisotopic (exact) mass is 269 g/mol. The summed E-state index contributed by atoms with van der Waals surface area (Å²) in [5.41, 5.74) is 3.52. The van der Waals surface area contributed by atoms with Gasteiger partial charge in [-0.2, -0.15) is 11.3 Å². The van der Waals surface area contributed by atoms with E-state index in [4.69, 9.17) is 11.6 Å². The summed E-state index contributed by atoms with van der Waals surface area (Å²) >= 11 is 7.65. The van der Waals surface area contributed by atoms with Crippen LogP contribution >= 0.6 is 22.9 Å². The molecule has 4 heteroatoms. The number of halogens is 2. The molecule has 0 amide bonds. The molecule has 0 saturated carbocycles. The predicted molar refractivity (Wildman–Crippen MR) is 71.0 cm³/mol. The molecule has 0 spiro atoms. The fourth-order valence-electron chi connectivity index (χ4n) is 1.56. The Morgan fingerprint density at radius 3 is 2.65 bits per heavy atom. The average Bonchev–Trinajstić information content (AvgIpc) is 2.68. The van der Waals surface area contributed by atoms with E-state index < -0.39 is 0 Å². The van der Waals surface area contributed by atoms with E-state index >= 15 is 0 Å². The molecule has 1 aromatic carbocycles. The average molecular weight is 270 g/mol. The minimum Gasteiger partial charge on any atom is -0.309 e. The molecule has 1 nitrogen and oxygen atoms in total. The highest BCUT2D eigenvalue weighted by atomic mass is 35.5. The van der Waals surface area contributed by atoms with Crippen LogP contribution in [0.3, 0.4) is 0 Å². The standard InChI is InChI=1S/C13H13ClFNS/c1-9-7-17-8-11(9)6-16-5-10-2-3-12(15)4-13(10)14/h2-4,7-8,16H,5-6H2,1H3. The summed E-state index contributed by atoms with van der Waals surface area (Å²) in [7, 11) is 0. The molecule has 0 radical (unpaired) electrons. The third-order valence-electron chi connectivity index (χ3n) is 2.61. The Morgan fingerprint density at radius 2 is 2.00 bits per heavy atom. The van der Waals surface area contributed by atoms with E-state index in [1.807, 2.05) is 0 Å². The summed E-state index contributed by atoms with van der Waals surface area (Å²) in [6.45, 7) is 3.55. The van der Waals surface area contributed by atoms with Crippen molar-refractivity contribution in [1.82, 2.24) is 5.32 Å². The van der Waals surface area contributed by atoms with Crippen molar-refractivity contribution >= 4 is 22.9 Å². The molecular formula is C13H13ClFNS. The van der Waals surface area contributed by atoms with E-state index in [0.29, 0.717) is 11.6 Å². The molecule has 2 rings (SSSR count). The quantitative estimate of drug-likeness (QED) is 0.880. The second-order valence-corrected chi connectivity index (χ2v) is 5.07. The lowest BCUT2D eigenvalue weighted by molar-refractivity contribution is 0.625. The van der Waals surface area contributed by atoms with Crippen molar-refractivity contribution in [3.05, 3.63) is 56.5 Å². The van der Waals surface area contributed by atoms with Crippen molar-refractivity contribution in [2.75, 3.05) is 0 Å². The van der Waals surface area contributed by atoms with E-state index in [9.17, 15) is 4.39 Å². The minimum absolute atomic E-state index is 0.299. The Labute approximate surface area is 109 Å². The highest BCUT2D eigenvalue weighted by molar-refractivity contribution is 7.08. The minimum atomic E-state index is -0.299. The molecule has 0 fully saturated rings. The first kappa shape index (κ1) is 12.6. The van der Waals surface area contributed by atoms with Crippen molar-refractivity contribution in [3.8, 4) is 0 Å². The summed E-state index contributed by atoms with van der Waals surface area (Å²) < 4.78 is 12.8. The summed E-state index contributed by atoms with van der Waals surface area (Å²) in [6, 6.07) is 4.48. The van der Waals surface area contributed by atoms with Crippen LogP contribution in [0.25, 0.3) is 0 Å². The van der Waals surface area contributed by atoms with Gasteiger partial charge in [0.25, 0.3) is 0 Å². The summed E-state index contributed by atoms with van der Waals surface area (Å²) in [5, 5.41) is 8.04. The first-order valence-corrected chi connectivity index (χ1v) is 6.65. The molecule has 0 aliphatic heterocycles. The number of thiophene rings is 1. The predicted octanol–water partition coefficient (Wildman–Crippen LogP) is 4.14. The van der Waals surface area contributed by atoms with Crippen LogP contribution < -0.4 is 5.32 Å². The molecule has 2 aromatic rings. The number of hydrogen-bond acceptors (Lipinski definition) is 2. The number of hydrogen-bond donors (Lipinski definition) is 1. The normalized spacial score (nSPS) is 10.8. The highest BCUT2D eigenvalue weighted by Crippen LogP contribution is 2.18. The van der Waals surface area contributed by atoms with Crippen molar-refractivity contribution < 1.29 is 4.39 Å². The Kier molecular flexibility index (Phi) is 4.15. The molecule has 1 N–H and O–H groups in total. The largest absolute Gasteiger partial charge is 0.309 e. The maximum absolute atomic E-state index is 12.8. The molecule has 17 heavy (non-hydrogen) atoms. The molecule has 1 heterocycles. The summed E-state index contributed by atoms with van der Waals surface area (Å²) in [4.78, 5) is 0. The second kappa shape index (κ2) is 5.63. The zero-order valence-corrected chi connectivity index (χ0v) is 11.0. The first-order chi connectivity index (χ1) is 8.16. The number of rotatable bonds is 4. The van der Waals surface area contributed by atoms with Gasteiger partial charge in [0, 0.05) is 18.1 Å². The van der Waals surface area contributed by atoms with Crippen LogP contribution in [-0.4, -0.2) is 0 Å². The van der Waals surface area contributed by atoms with Gasteiger partial charge in [-0.1, -0.05) is 17.7 Å². The first-order valence-electron chi connectivity index (χ1n) is 5.33. The molecule has 90 valence electrons. The fourth-order valence-corrected chi connectivity index (χ4v) is 2.66. The molecule has 0 bridgehead atoms. The highest BCUT2D eigenvalue weighted by Gasteiger charge is 2.03. The molecule has 0 aliphatic rings. The van der Waals surface area contributed by atoms with Gasteiger partial charge in [-0.15, -0.1) is 0 Å². The van der Waals surface area contributed by atoms with Crippen LogP contribution in [0.4, 0.5) is 4.39 Å². The van der Waals surface area contributed by atoms with Crippen LogP contribution in [0.1, 0.15) is 16.7 Å². The van der Waals surface area contributed by atoms with Gasteiger partial charge in [-0.05, 0) is 46.5 Å². The van der Waals surface area contributed by atoms with Crippen molar-refractivity contribution in [2.24, 2.45) is 0 Å². The molecule has 0 unspecified atom stereocenters. The van der Waals surface area contributed by atoms with Gasteiger partial charge in [0.05, 0.1) is 0 Å². The van der Waals surface area contributed by atoms with Gasteiger partial charge in [0.1, 0.15) is 5.82 Å². The van der Waals surface area contributed by atoms with Crippen LogP contribution in [-0.2, 0) is 13.1 Å². The van der Waals surface area contributed by atoms with Crippen LogP contribution in [0.2, 0.25) is 5.02 Å².